The molecule has 2 rings (SSSR count). The third-order valence-corrected chi connectivity index (χ3v) is 4.03. The van der Waals surface area contributed by atoms with Crippen molar-refractivity contribution in [3.05, 3.63) is 11.4 Å². The largest absolute Gasteiger partial charge is 0.393 e. The van der Waals surface area contributed by atoms with Crippen LogP contribution >= 0.6 is 0 Å². The molecule has 1 aliphatic rings. The lowest BCUT2D eigenvalue weighted by Gasteiger charge is -2.35. The van der Waals surface area contributed by atoms with Crippen molar-refractivity contribution >= 4 is 11.6 Å². The van der Waals surface area contributed by atoms with Gasteiger partial charge in [-0.1, -0.05) is 20.8 Å². The van der Waals surface area contributed by atoms with Gasteiger partial charge in [0.1, 0.15) is 17.5 Å². The smallest absolute Gasteiger partial charge is 0.148 e. The number of nitrogens with zero attached hydrogens (tertiary/aromatic N) is 3. The fraction of sp³-hybridized carbons (Fsp3) is 0.733. The lowest BCUT2D eigenvalue weighted by atomic mass is 9.82. The summed E-state index contributed by atoms with van der Waals surface area (Å²) < 4.78 is 0. The van der Waals surface area contributed by atoms with Crippen LogP contribution in [0.2, 0.25) is 0 Å². The molecule has 0 atom stereocenters. The standard InChI is InChI=1S/C15H27N5O/c1-9-12(19-16)17-14(15(2,3)4)18-13(9)20(5)8-10-6-11(21)7-10/h10-11,21H,6-8,16H2,1-5H3,(H,17,18,19). The number of aromatic nitrogens is 2. The summed E-state index contributed by atoms with van der Waals surface area (Å²) in [7, 11) is 2.03. The molecule has 4 N–H and O–H groups in total. The summed E-state index contributed by atoms with van der Waals surface area (Å²) >= 11 is 0. The topological polar surface area (TPSA) is 87.3 Å². The first-order chi connectivity index (χ1) is 9.72. The van der Waals surface area contributed by atoms with Gasteiger partial charge in [-0.2, -0.15) is 0 Å². The average Bonchev–Trinajstić information content (AvgIpc) is 2.35. The molecule has 118 valence electrons. The third-order valence-electron chi connectivity index (χ3n) is 4.03. The van der Waals surface area contributed by atoms with E-state index >= 15 is 0 Å². The van der Waals surface area contributed by atoms with E-state index in [1.807, 2.05) is 14.0 Å². The summed E-state index contributed by atoms with van der Waals surface area (Å²) in [6, 6.07) is 0. The highest BCUT2D eigenvalue weighted by molar-refractivity contribution is 5.58. The molecule has 1 fully saturated rings. The number of aliphatic hydroxyl groups excluding tert-OH is 1. The SMILES string of the molecule is Cc1c(NN)nc(C(C)(C)C)nc1N(C)CC1CC(O)C1. The van der Waals surface area contributed by atoms with Crippen molar-refractivity contribution in [1.82, 2.24) is 9.97 Å². The second-order valence-electron chi connectivity index (χ2n) is 7.11. The number of anilines is 2. The molecule has 0 bridgehead atoms. The Bertz CT molecular complexity index is 506. The van der Waals surface area contributed by atoms with Gasteiger partial charge >= 0.3 is 0 Å². The average molecular weight is 293 g/mol. The van der Waals surface area contributed by atoms with Crippen LogP contribution in [0.3, 0.4) is 0 Å². The highest BCUT2D eigenvalue weighted by atomic mass is 16.3. The molecule has 1 aliphatic carbocycles. The quantitative estimate of drug-likeness (QED) is 0.577. The van der Waals surface area contributed by atoms with Crippen molar-refractivity contribution in [3.8, 4) is 0 Å². The van der Waals surface area contributed by atoms with Gasteiger partial charge in [0.15, 0.2) is 0 Å². The lowest BCUT2D eigenvalue weighted by molar-refractivity contribution is 0.0464. The Kier molecular flexibility index (Phi) is 4.39. The maximum atomic E-state index is 9.42. The van der Waals surface area contributed by atoms with Crippen molar-refractivity contribution < 1.29 is 5.11 Å². The molecule has 6 nitrogen and oxygen atoms in total. The highest BCUT2D eigenvalue weighted by Crippen LogP contribution is 2.31. The first kappa shape index (κ1) is 16.0. The minimum atomic E-state index is -0.137. The number of rotatable bonds is 4. The molecule has 0 radical (unpaired) electrons. The Morgan fingerprint density at radius 1 is 1.33 bits per heavy atom. The van der Waals surface area contributed by atoms with Crippen LogP contribution in [0.15, 0.2) is 0 Å². The molecule has 1 aromatic rings. The van der Waals surface area contributed by atoms with E-state index in [9.17, 15) is 5.11 Å². The first-order valence-corrected chi connectivity index (χ1v) is 7.47. The number of hydrogen-bond donors (Lipinski definition) is 3. The second kappa shape index (κ2) is 5.77. The van der Waals surface area contributed by atoms with Crippen molar-refractivity contribution in [1.29, 1.82) is 0 Å². The number of hydrogen-bond acceptors (Lipinski definition) is 6. The zero-order chi connectivity index (χ0) is 15.8. The van der Waals surface area contributed by atoms with Crippen LogP contribution < -0.4 is 16.2 Å². The molecular weight excluding hydrogens is 266 g/mol. The summed E-state index contributed by atoms with van der Waals surface area (Å²) in [6.45, 7) is 9.13. The Morgan fingerprint density at radius 3 is 2.43 bits per heavy atom. The Morgan fingerprint density at radius 2 is 1.95 bits per heavy atom. The van der Waals surface area contributed by atoms with E-state index in [0.29, 0.717) is 11.7 Å². The van der Waals surface area contributed by atoms with E-state index in [2.05, 4.69) is 36.1 Å². The minimum absolute atomic E-state index is 0.124. The molecular formula is C15H27N5O. The van der Waals surface area contributed by atoms with Crippen LogP contribution in [0, 0.1) is 12.8 Å². The van der Waals surface area contributed by atoms with Gasteiger partial charge in [-0.25, -0.2) is 15.8 Å². The van der Waals surface area contributed by atoms with Gasteiger partial charge in [0.05, 0.1) is 6.10 Å². The highest BCUT2D eigenvalue weighted by Gasteiger charge is 2.29. The fourth-order valence-electron chi connectivity index (χ4n) is 2.68. The second-order valence-corrected chi connectivity index (χ2v) is 7.11. The van der Waals surface area contributed by atoms with Gasteiger partial charge in [0.25, 0.3) is 0 Å². The molecule has 1 saturated carbocycles. The van der Waals surface area contributed by atoms with Crippen molar-refractivity contribution in [3.63, 3.8) is 0 Å². The van der Waals surface area contributed by atoms with Gasteiger partial charge in [-0.3, -0.25) is 0 Å². The number of nitrogen functional groups attached to an aromatic ring is 1. The number of nitrogens with one attached hydrogen (secondary N) is 1. The monoisotopic (exact) mass is 293 g/mol. The zero-order valence-corrected chi connectivity index (χ0v) is 13.6. The van der Waals surface area contributed by atoms with E-state index in [1.54, 1.807) is 0 Å². The van der Waals surface area contributed by atoms with Crippen molar-refractivity contribution in [2.24, 2.45) is 11.8 Å². The van der Waals surface area contributed by atoms with Crippen molar-refractivity contribution in [2.45, 2.75) is 52.1 Å². The van der Waals surface area contributed by atoms with E-state index < -0.39 is 0 Å². The Balaban J connectivity index is 2.28. The predicted octanol–water partition coefficient (Wildman–Crippen LogP) is 1.58. The summed E-state index contributed by atoms with van der Waals surface area (Å²) in [5.41, 5.74) is 3.49. The summed E-state index contributed by atoms with van der Waals surface area (Å²) in [5.74, 6) is 8.48. The normalized spacial score (nSPS) is 21.9. The first-order valence-electron chi connectivity index (χ1n) is 7.47. The maximum absolute atomic E-state index is 9.42. The van der Waals surface area contributed by atoms with Gasteiger partial charge in [-0.15, -0.1) is 0 Å². The van der Waals surface area contributed by atoms with E-state index in [-0.39, 0.29) is 11.5 Å². The Labute approximate surface area is 126 Å². The van der Waals surface area contributed by atoms with Crippen LogP contribution in [-0.4, -0.2) is 34.8 Å². The van der Waals surface area contributed by atoms with Crippen LogP contribution in [0.25, 0.3) is 0 Å². The number of aliphatic hydroxyl groups is 1. The zero-order valence-electron chi connectivity index (χ0n) is 13.6. The van der Waals surface area contributed by atoms with Crippen LogP contribution in [0.4, 0.5) is 11.6 Å². The van der Waals surface area contributed by atoms with E-state index in [0.717, 1.165) is 36.6 Å². The molecule has 1 heterocycles. The van der Waals surface area contributed by atoms with E-state index in [4.69, 9.17) is 10.8 Å². The minimum Gasteiger partial charge on any atom is -0.393 e. The molecule has 0 unspecified atom stereocenters. The lowest BCUT2D eigenvalue weighted by Crippen LogP contribution is -2.38. The molecule has 0 aliphatic heterocycles. The summed E-state index contributed by atoms with van der Waals surface area (Å²) in [6.07, 6.45) is 1.63. The predicted molar refractivity (Wildman–Crippen MR) is 85.3 cm³/mol. The third kappa shape index (κ3) is 3.44. The van der Waals surface area contributed by atoms with Crippen LogP contribution in [0.5, 0.6) is 0 Å². The summed E-state index contributed by atoms with van der Waals surface area (Å²) in [5, 5.41) is 9.42. The molecule has 0 saturated heterocycles. The fourth-order valence-corrected chi connectivity index (χ4v) is 2.68. The van der Waals surface area contributed by atoms with Gasteiger partial charge in [0, 0.05) is 24.6 Å². The number of hydrazine groups is 1. The van der Waals surface area contributed by atoms with Crippen LogP contribution in [0.1, 0.15) is 45.0 Å². The molecule has 21 heavy (non-hydrogen) atoms. The van der Waals surface area contributed by atoms with E-state index in [1.165, 1.54) is 0 Å². The van der Waals surface area contributed by atoms with Gasteiger partial charge < -0.3 is 15.4 Å². The maximum Gasteiger partial charge on any atom is 0.148 e. The van der Waals surface area contributed by atoms with Crippen molar-refractivity contribution in [2.75, 3.05) is 23.9 Å². The Hall–Kier alpha value is -1.40. The molecule has 1 aromatic heterocycles. The van der Waals surface area contributed by atoms with Gasteiger partial charge in [-0.05, 0) is 25.7 Å². The molecule has 0 spiro atoms. The number of nitrogens with two attached hydrogens (primary N) is 1. The molecule has 0 amide bonds. The van der Waals surface area contributed by atoms with Crippen LogP contribution in [-0.2, 0) is 5.41 Å². The summed E-state index contributed by atoms with van der Waals surface area (Å²) in [4.78, 5) is 11.4. The molecule has 6 heteroatoms. The molecule has 0 aromatic carbocycles. The van der Waals surface area contributed by atoms with Gasteiger partial charge in [0.2, 0.25) is 0 Å².